The van der Waals surface area contributed by atoms with Gasteiger partial charge in [0.2, 0.25) is 0 Å². The van der Waals surface area contributed by atoms with Crippen molar-refractivity contribution in [3.63, 3.8) is 0 Å². The minimum absolute atomic E-state index is 0.0273. The quantitative estimate of drug-likeness (QED) is 0.397. The molecule has 7 nitrogen and oxygen atoms in total. The number of fused-ring (bicyclic) bond motifs is 1. The lowest BCUT2D eigenvalue weighted by molar-refractivity contribution is -0.154. The van der Waals surface area contributed by atoms with Crippen molar-refractivity contribution in [1.82, 2.24) is 4.98 Å². The van der Waals surface area contributed by atoms with Crippen LogP contribution in [-0.4, -0.2) is 57.0 Å². The number of aryl methyl sites for hydroxylation is 1. The number of ether oxygens (including phenoxy) is 2. The predicted octanol–water partition coefficient (Wildman–Crippen LogP) is 5.26. The van der Waals surface area contributed by atoms with Crippen molar-refractivity contribution in [2.75, 3.05) is 0 Å². The van der Waals surface area contributed by atoms with Gasteiger partial charge in [0.1, 0.15) is 11.9 Å². The summed E-state index contributed by atoms with van der Waals surface area (Å²) in [6.07, 6.45) is 0.374. The molecule has 1 aromatic heterocycles. The standard InChI is InChI=1S/C29H45NO6S/c1-8-10-21-26(33)17(2)11-9-12-29(7)24(36-29)14-22(18(3)13-20-16-37-19(4)30-20)35-25(32)15-23(31)28(5,6)27(21)34/h13,16-17,21-24,26,31,33H,8-12,14-15H2,1-7H3/b18-13+/t17-,21+,22-,23-,24-,26-,29+/m0/s1/i1T,8T/t8?,17-,21+,22-,23-,24-,26-,29+. The van der Waals surface area contributed by atoms with Gasteiger partial charge in [-0.1, -0.05) is 40.5 Å². The number of nitrogens with zero attached hydrogens (tertiary/aromatic N) is 1. The lowest BCUT2D eigenvalue weighted by Gasteiger charge is -2.36. The zero-order valence-corrected chi connectivity index (χ0v) is 23.8. The van der Waals surface area contributed by atoms with Crippen molar-refractivity contribution in [3.05, 3.63) is 21.7 Å². The van der Waals surface area contributed by atoms with Gasteiger partial charge < -0.3 is 19.7 Å². The Morgan fingerprint density at radius 2 is 2.08 bits per heavy atom. The molecule has 0 bridgehead atoms. The fraction of sp³-hybridized carbons (Fsp3) is 0.759. The van der Waals surface area contributed by atoms with E-state index >= 15 is 0 Å². The average molecular weight is 540 g/mol. The highest BCUT2D eigenvalue weighted by Crippen LogP contribution is 2.45. The van der Waals surface area contributed by atoms with Gasteiger partial charge in [-0.15, -0.1) is 11.3 Å². The Bertz CT molecular complexity index is 1040. The molecule has 1 aromatic rings. The minimum atomic E-state index is -1.36. The van der Waals surface area contributed by atoms with Gasteiger partial charge in [0, 0.05) is 20.5 Å². The van der Waals surface area contributed by atoms with Crippen LogP contribution >= 0.6 is 11.3 Å². The summed E-state index contributed by atoms with van der Waals surface area (Å²) in [6.45, 7) is 10.7. The van der Waals surface area contributed by atoms with Gasteiger partial charge in [-0.25, -0.2) is 4.98 Å². The van der Waals surface area contributed by atoms with E-state index in [-0.39, 0.29) is 37.4 Å². The number of cyclic esters (lactones) is 1. The van der Waals surface area contributed by atoms with E-state index in [0.29, 0.717) is 12.8 Å². The molecular weight excluding hydrogens is 490 g/mol. The fourth-order valence-electron chi connectivity index (χ4n) is 5.29. The van der Waals surface area contributed by atoms with E-state index in [2.05, 4.69) is 4.98 Å². The molecule has 0 spiro atoms. The highest BCUT2D eigenvalue weighted by atomic mass is 32.1. The second-order valence-electron chi connectivity index (χ2n) is 11.6. The van der Waals surface area contributed by atoms with Gasteiger partial charge in [-0.3, -0.25) is 9.59 Å². The number of thiazole rings is 1. The van der Waals surface area contributed by atoms with Crippen LogP contribution in [0.1, 0.15) is 99.9 Å². The van der Waals surface area contributed by atoms with Crippen LogP contribution in [0.4, 0.5) is 0 Å². The molecule has 8 heteroatoms. The third-order valence-electron chi connectivity index (χ3n) is 8.17. The van der Waals surface area contributed by atoms with Crippen molar-refractivity contribution in [3.8, 4) is 0 Å². The summed E-state index contributed by atoms with van der Waals surface area (Å²) < 4.78 is 27.7. The van der Waals surface area contributed by atoms with E-state index < -0.39 is 47.8 Å². The summed E-state index contributed by atoms with van der Waals surface area (Å²) in [7, 11) is 0. The maximum atomic E-state index is 13.7. The summed E-state index contributed by atoms with van der Waals surface area (Å²) >= 11 is 1.54. The molecule has 0 radical (unpaired) electrons. The second kappa shape index (κ2) is 12.1. The monoisotopic (exact) mass is 539 g/mol. The number of rotatable bonds is 4. The van der Waals surface area contributed by atoms with Crippen molar-refractivity contribution < 1.29 is 32.0 Å². The van der Waals surface area contributed by atoms with Gasteiger partial charge in [0.25, 0.3) is 0 Å². The van der Waals surface area contributed by atoms with Gasteiger partial charge >= 0.3 is 5.97 Å². The molecule has 2 saturated heterocycles. The first-order valence-electron chi connectivity index (χ1n) is 14.6. The van der Waals surface area contributed by atoms with Crippen LogP contribution in [0.3, 0.4) is 0 Å². The van der Waals surface area contributed by atoms with E-state index in [1.165, 1.54) is 0 Å². The SMILES string of the molecule is [3H]CC([3H])C[C@H]1C(=O)C(C)(C)[C@@H](O)CC(=O)O[C@H](/C(C)=C/c2csc(C)n2)C[C@@H]2O[C@]2(C)CCC[C@H](C)[C@@H]1O. The predicted molar refractivity (Wildman–Crippen MR) is 145 cm³/mol. The number of ketones is 1. The van der Waals surface area contributed by atoms with E-state index in [0.717, 1.165) is 29.1 Å². The van der Waals surface area contributed by atoms with Crippen molar-refractivity contribution >= 4 is 29.2 Å². The third-order valence-corrected chi connectivity index (χ3v) is 8.96. The maximum absolute atomic E-state index is 13.7. The number of esters is 1. The Morgan fingerprint density at radius 1 is 1.35 bits per heavy atom. The highest BCUT2D eigenvalue weighted by Gasteiger charge is 2.53. The second-order valence-corrected chi connectivity index (χ2v) is 12.7. The van der Waals surface area contributed by atoms with Gasteiger partial charge in [-0.05, 0) is 57.6 Å². The Balaban J connectivity index is 1.89. The molecule has 2 fully saturated rings. The van der Waals surface area contributed by atoms with Crippen LogP contribution in [0.15, 0.2) is 11.0 Å². The van der Waals surface area contributed by atoms with Crippen LogP contribution in [-0.2, 0) is 19.1 Å². The summed E-state index contributed by atoms with van der Waals surface area (Å²) in [5.74, 6) is -2.16. The first-order chi connectivity index (χ1) is 18.2. The lowest BCUT2D eigenvalue weighted by atomic mass is 9.71. The Labute approximate surface area is 228 Å². The van der Waals surface area contributed by atoms with Crippen molar-refractivity contribution in [2.24, 2.45) is 17.3 Å². The number of carbonyl (C=O) groups excluding carboxylic acids is 2. The first-order valence-corrected chi connectivity index (χ1v) is 14.2. The molecule has 0 saturated carbocycles. The topological polar surface area (TPSA) is 109 Å². The summed E-state index contributed by atoms with van der Waals surface area (Å²) in [4.78, 5) is 31.3. The molecule has 2 N–H and O–H groups in total. The molecule has 37 heavy (non-hydrogen) atoms. The van der Waals surface area contributed by atoms with Gasteiger partial charge in [0.15, 0.2) is 0 Å². The number of aliphatic hydroxyl groups is 2. The number of Topliss-reactive ketones (excluding diaryl/α,β-unsaturated/α-hetero) is 1. The van der Waals surface area contributed by atoms with Gasteiger partial charge in [0.05, 0.1) is 46.5 Å². The maximum Gasteiger partial charge on any atom is 0.309 e. The number of aliphatic hydroxyl groups excluding tert-OH is 2. The van der Waals surface area contributed by atoms with E-state index in [1.807, 2.05) is 39.2 Å². The average Bonchev–Trinajstić information content (AvgIpc) is 3.31. The van der Waals surface area contributed by atoms with Crippen molar-refractivity contribution in [2.45, 2.75) is 123 Å². The van der Waals surface area contributed by atoms with Crippen LogP contribution in [0.25, 0.3) is 6.08 Å². The zero-order valence-electron chi connectivity index (χ0n) is 25.0. The van der Waals surface area contributed by atoms with Crippen molar-refractivity contribution in [1.29, 1.82) is 0 Å². The molecule has 3 heterocycles. The van der Waals surface area contributed by atoms with Crippen LogP contribution in [0, 0.1) is 24.2 Å². The molecule has 8 atom stereocenters. The highest BCUT2D eigenvalue weighted by molar-refractivity contribution is 7.09. The number of hydrogen-bond acceptors (Lipinski definition) is 8. The van der Waals surface area contributed by atoms with Gasteiger partial charge in [-0.2, -0.15) is 0 Å². The summed E-state index contributed by atoms with van der Waals surface area (Å²) in [5, 5.41) is 25.2. The number of carbonyl (C=O) groups is 2. The summed E-state index contributed by atoms with van der Waals surface area (Å²) in [5.41, 5.74) is -0.104. The Kier molecular flexibility index (Phi) is 8.79. The summed E-state index contributed by atoms with van der Waals surface area (Å²) in [6, 6.07) is 0. The van der Waals surface area contributed by atoms with Crippen LogP contribution in [0.2, 0.25) is 0 Å². The lowest BCUT2D eigenvalue weighted by Crippen LogP contribution is -2.46. The largest absolute Gasteiger partial charge is 0.458 e. The molecule has 0 aromatic carbocycles. The van der Waals surface area contributed by atoms with E-state index in [4.69, 9.17) is 12.2 Å². The fourth-order valence-corrected chi connectivity index (χ4v) is 5.86. The third kappa shape index (κ3) is 7.28. The van der Waals surface area contributed by atoms with E-state index in [1.54, 1.807) is 25.2 Å². The molecule has 3 rings (SSSR count). The van der Waals surface area contributed by atoms with E-state index in [9.17, 15) is 19.8 Å². The molecule has 1 unspecified atom stereocenters. The Hall–Kier alpha value is -1.61. The Morgan fingerprint density at radius 3 is 2.73 bits per heavy atom. The number of hydrogen-bond donors (Lipinski definition) is 2. The molecule has 208 valence electrons. The molecular formula is C29H45NO6S. The zero-order chi connectivity index (χ0) is 29.1. The van der Waals surface area contributed by atoms with Crippen LogP contribution < -0.4 is 0 Å². The normalized spacial score (nSPS) is 37.7. The molecule has 2 aliphatic rings. The number of epoxide rings is 1. The molecule has 2 aliphatic heterocycles. The minimum Gasteiger partial charge on any atom is -0.458 e. The molecule has 0 aliphatic carbocycles. The van der Waals surface area contributed by atoms with Crippen LogP contribution in [0.5, 0.6) is 0 Å². The molecule has 0 amide bonds. The number of aromatic nitrogens is 1. The first kappa shape index (κ1) is 27.0. The smallest absolute Gasteiger partial charge is 0.309 e.